The van der Waals surface area contributed by atoms with Gasteiger partial charge in [0.2, 0.25) is 0 Å². The summed E-state index contributed by atoms with van der Waals surface area (Å²) >= 11 is 0. The largest absolute Gasteiger partial charge is 0.479 e. The number of carbonyl (C=O) groups is 1. The van der Waals surface area contributed by atoms with Gasteiger partial charge in [-0.1, -0.05) is 6.07 Å². The van der Waals surface area contributed by atoms with Gasteiger partial charge in [0, 0.05) is 13.0 Å². The molecule has 1 atom stereocenters. The lowest BCUT2D eigenvalue weighted by atomic mass is 9.98. The fourth-order valence-electron chi connectivity index (χ4n) is 2.07. The Balaban J connectivity index is 2.46. The Labute approximate surface area is 113 Å². The SMILES string of the molecule is N#Cc1cccc(NC2(C(=O)O)CCOC2)c1[N+](=O)[O-]. The number of nitriles is 1. The van der Waals surface area contributed by atoms with Crippen LogP contribution in [-0.2, 0) is 9.53 Å². The zero-order valence-corrected chi connectivity index (χ0v) is 10.3. The molecule has 1 aliphatic heterocycles. The Morgan fingerprint density at radius 3 is 2.85 bits per heavy atom. The molecule has 8 heteroatoms. The molecule has 0 aromatic heterocycles. The maximum Gasteiger partial charge on any atom is 0.331 e. The van der Waals surface area contributed by atoms with Crippen molar-refractivity contribution < 1.29 is 19.6 Å². The number of aliphatic carboxylic acids is 1. The van der Waals surface area contributed by atoms with Crippen molar-refractivity contribution in [2.24, 2.45) is 0 Å². The van der Waals surface area contributed by atoms with Crippen LogP contribution in [0.1, 0.15) is 12.0 Å². The molecule has 0 aliphatic carbocycles. The van der Waals surface area contributed by atoms with E-state index in [1.54, 1.807) is 6.07 Å². The van der Waals surface area contributed by atoms with Gasteiger partial charge in [-0.2, -0.15) is 5.26 Å². The normalized spacial score (nSPS) is 21.1. The summed E-state index contributed by atoms with van der Waals surface area (Å²) < 4.78 is 5.07. The standard InChI is InChI=1S/C12H11N3O5/c13-6-8-2-1-3-9(10(8)15(18)19)14-12(11(16)17)4-5-20-7-12/h1-3,14H,4-5,7H2,(H,16,17). The number of carboxylic acid groups (broad SMARTS) is 1. The van der Waals surface area contributed by atoms with Crippen LogP contribution < -0.4 is 5.32 Å². The van der Waals surface area contributed by atoms with Gasteiger partial charge < -0.3 is 15.2 Å². The van der Waals surface area contributed by atoms with Gasteiger partial charge in [0.25, 0.3) is 0 Å². The van der Waals surface area contributed by atoms with E-state index in [1.807, 2.05) is 0 Å². The Bertz CT molecular complexity index is 602. The first-order valence-electron chi connectivity index (χ1n) is 5.77. The van der Waals surface area contributed by atoms with Crippen LogP contribution in [0.15, 0.2) is 18.2 Å². The smallest absolute Gasteiger partial charge is 0.331 e. The van der Waals surface area contributed by atoms with Crippen LogP contribution in [-0.4, -0.2) is 34.8 Å². The molecule has 1 fully saturated rings. The molecule has 0 amide bonds. The molecule has 2 N–H and O–H groups in total. The summed E-state index contributed by atoms with van der Waals surface area (Å²) in [4.78, 5) is 21.8. The number of nitrogens with zero attached hydrogens (tertiary/aromatic N) is 2. The van der Waals surface area contributed by atoms with Crippen molar-refractivity contribution in [2.45, 2.75) is 12.0 Å². The third-order valence-electron chi connectivity index (χ3n) is 3.14. The number of benzene rings is 1. The number of anilines is 1. The van der Waals surface area contributed by atoms with Gasteiger partial charge in [-0.05, 0) is 12.1 Å². The van der Waals surface area contributed by atoms with Crippen LogP contribution in [0.2, 0.25) is 0 Å². The van der Waals surface area contributed by atoms with Crippen LogP contribution >= 0.6 is 0 Å². The second-order valence-corrected chi connectivity index (χ2v) is 4.39. The predicted octanol–water partition coefficient (Wildman–Crippen LogP) is 1.12. The zero-order valence-electron chi connectivity index (χ0n) is 10.3. The molecule has 1 heterocycles. The third kappa shape index (κ3) is 2.26. The number of ether oxygens (including phenoxy) is 1. The van der Waals surface area contributed by atoms with E-state index in [-0.39, 0.29) is 30.9 Å². The van der Waals surface area contributed by atoms with Gasteiger partial charge in [0.15, 0.2) is 5.54 Å². The Morgan fingerprint density at radius 1 is 1.60 bits per heavy atom. The molecule has 0 radical (unpaired) electrons. The first-order chi connectivity index (χ1) is 9.50. The van der Waals surface area contributed by atoms with E-state index in [1.165, 1.54) is 18.2 Å². The highest BCUT2D eigenvalue weighted by Gasteiger charge is 2.44. The van der Waals surface area contributed by atoms with Crippen LogP contribution in [0.3, 0.4) is 0 Å². The van der Waals surface area contributed by atoms with Crippen LogP contribution in [0.25, 0.3) is 0 Å². The fourth-order valence-corrected chi connectivity index (χ4v) is 2.07. The number of nitro groups is 1. The highest BCUT2D eigenvalue weighted by molar-refractivity contribution is 5.85. The average Bonchev–Trinajstić information content (AvgIpc) is 2.88. The van der Waals surface area contributed by atoms with Crippen molar-refractivity contribution >= 4 is 17.3 Å². The number of hydrogen-bond donors (Lipinski definition) is 2. The van der Waals surface area contributed by atoms with Crippen LogP contribution in [0, 0.1) is 21.4 Å². The topological polar surface area (TPSA) is 125 Å². The summed E-state index contributed by atoms with van der Waals surface area (Å²) in [5.41, 5.74) is -1.96. The molecule has 104 valence electrons. The van der Waals surface area contributed by atoms with E-state index in [4.69, 9.17) is 10.00 Å². The number of carboxylic acids is 1. The molecular weight excluding hydrogens is 266 g/mol. The zero-order chi connectivity index (χ0) is 14.8. The lowest BCUT2D eigenvalue weighted by Crippen LogP contribution is -2.47. The molecule has 20 heavy (non-hydrogen) atoms. The summed E-state index contributed by atoms with van der Waals surface area (Å²) in [6, 6.07) is 5.87. The molecule has 1 saturated heterocycles. The number of nitro benzene ring substituents is 1. The van der Waals surface area contributed by atoms with Crippen molar-refractivity contribution in [1.82, 2.24) is 0 Å². The number of hydrogen-bond acceptors (Lipinski definition) is 6. The summed E-state index contributed by atoms with van der Waals surface area (Å²) in [5, 5.41) is 32.0. The maximum atomic E-state index is 11.4. The second-order valence-electron chi connectivity index (χ2n) is 4.39. The molecule has 8 nitrogen and oxygen atoms in total. The van der Waals surface area contributed by atoms with E-state index in [0.29, 0.717) is 0 Å². The summed E-state index contributed by atoms with van der Waals surface area (Å²) in [6.45, 7) is 0.168. The molecule has 1 aromatic rings. The molecule has 0 bridgehead atoms. The van der Waals surface area contributed by atoms with Crippen LogP contribution in [0.4, 0.5) is 11.4 Å². The Kier molecular flexibility index (Phi) is 3.54. The fraction of sp³-hybridized carbons (Fsp3) is 0.333. The number of nitrogens with one attached hydrogen (secondary N) is 1. The van der Waals surface area contributed by atoms with Crippen molar-refractivity contribution in [3.63, 3.8) is 0 Å². The third-order valence-corrected chi connectivity index (χ3v) is 3.14. The highest BCUT2D eigenvalue weighted by Crippen LogP contribution is 2.33. The van der Waals surface area contributed by atoms with E-state index < -0.39 is 22.1 Å². The van der Waals surface area contributed by atoms with E-state index in [9.17, 15) is 20.0 Å². The lowest BCUT2D eigenvalue weighted by molar-refractivity contribution is -0.384. The first kappa shape index (κ1) is 13.8. The molecule has 1 unspecified atom stereocenters. The molecule has 0 saturated carbocycles. The van der Waals surface area contributed by atoms with Crippen molar-refractivity contribution in [3.05, 3.63) is 33.9 Å². The van der Waals surface area contributed by atoms with Gasteiger partial charge in [-0.15, -0.1) is 0 Å². The molecule has 1 aliphatic rings. The monoisotopic (exact) mass is 277 g/mol. The Hall–Kier alpha value is -2.66. The van der Waals surface area contributed by atoms with E-state index in [2.05, 4.69) is 5.32 Å². The minimum atomic E-state index is -1.40. The molecule has 0 spiro atoms. The quantitative estimate of drug-likeness (QED) is 0.623. The van der Waals surface area contributed by atoms with E-state index in [0.717, 1.165) is 0 Å². The van der Waals surface area contributed by atoms with Gasteiger partial charge in [0.05, 0.1) is 11.5 Å². The average molecular weight is 277 g/mol. The van der Waals surface area contributed by atoms with Gasteiger partial charge in [-0.25, -0.2) is 4.79 Å². The number of para-hydroxylation sites is 1. The van der Waals surface area contributed by atoms with Crippen molar-refractivity contribution in [1.29, 1.82) is 5.26 Å². The molecule has 2 rings (SSSR count). The van der Waals surface area contributed by atoms with Gasteiger partial charge in [0.1, 0.15) is 17.3 Å². The summed E-state index contributed by atoms with van der Waals surface area (Å²) in [7, 11) is 0. The maximum absolute atomic E-state index is 11.4. The minimum Gasteiger partial charge on any atom is -0.479 e. The Morgan fingerprint density at radius 2 is 2.35 bits per heavy atom. The highest BCUT2D eigenvalue weighted by atomic mass is 16.6. The second kappa shape index (κ2) is 5.14. The van der Waals surface area contributed by atoms with Crippen LogP contribution in [0.5, 0.6) is 0 Å². The van der Waals surface area contributed by atoms with E-state index >= 15 is 0 Å². The lowest BCUT2D eigenvalue weighted by Gasteiger charge is -2.24. The first-order valence-corrected chi connectivity index (χ1v) is 5.77. The summed E-state index contributed by atoms with van der Waals surface area (Å²) in [6.07, 6.45) is 0.191. The predicted molar refractivity (Wildman–Crippen MR) is 67.2 cm³/mol. The van der Waals surface area contributed by atoms with Crippen molar-refractivity contribution in [2.75, 3.05) is 18.5 Å². The van der Waals surface area contributed by atoms with Gasteiger partial charge >= 0.3 is 11.7 Å². The number of rotatable bonds is 4. The van der Waals surface area contributed by atoms with Crippen molar-refractivity contribution in [3.8, 4) is 6.07 Å². The summed E-state index contributed by atoms with van der Waals surface area (Å²) in [5.74, 6) is -1.15. The minimum absolute atomic E-state index is 0.00181. The molecule has 1 aromatic carbocycles. The molecular formula is C12H11N3O5. The van der Waals surface area contributed by atoms with Gasteiger partial charge in [-0.3, -0.25) is 10.1 Å².